The molecule has 4 rings (SSSR count). The number of fused-ring (bicyclic) bond motifs is 2. The van der Waals surface area contributed by atoms with Crippen LogP contribution < -0.4 is 20.1 Å². The van der Waals surface area contributed by atoms with E-state index in [9.17, 15) is 4.79 Å². The highest BCUT2D eigenvalue weighted by Gasteiger charge is 2.19. The number of benzene rings is 1. The van der Waals surface area contributed by atoms with Crippen molar-refractivity contribution in [2.75, 3.05) is 38.3 Å². The van der Waals surface area contributed by atoms with Gasteiger partial charge in [0, 0.05) is 19.6 Å². The summed E-state index contributed by atoms with van der Waals surface area (Å²) < 4.78 is 10.8. The summed E-state index contributed by atoms with van der Waals surface area (Å²) in [5, 5.41) is 7.31. The van der Waals surface area contributed by atoms with Gasteiger partial charge < -0.3 is 25.0 Å². The zero-order chi connectivity index (χ0) is 21.8. The van der Waals surface area contributed by atoms with E-state index in [-0.39, 0.29) is 12.7 Å². The number of aryl methyl sites for hydroxylation is 1. The summed E-state index contributed by atoms with van der Waals surface area (Å²) in [6.45, 7) is 10.4. The molecule has 0 spiro atoms. The van der Waals surface area contributed by atoms with Crippen molar-refractivity contribution in [1.29, 1.82) is 0 Å². The number of nitrogens with zero attached hydrogens (tertiary/aromatic N) is 3. The van der Waals surface area contributed by atoms with E-state index in [1.807, 2.05) is 25.1 Å². The van der Waals surface area contributed by atoms with Crippen molar-refractivity contribution in [2.45, 2.75) is 27.3 Å². The highest BCUT2D eigenvalue weighted by Crippen LogP contribution is 2.35. The highest BCUT2D eigenvalue weighted by atomic mass is 32.1. The van der Waals surface area contributed by atoms with E-state index in [0.29, 0.717) is 18.0 Å². The molecular weight excluding hydrogens is 414 g/mol. The molecule has 2 N–H and O–H groups in total. The second-order valence-corrected chi connectivity index (χ2v) is 8.28. The first-order chi connectivity index (χ1) is 15.1. The summed E-state index contributed by atoms with van der Waals surface area (Å²) in [5.41, 5.74) is 1.95. The van der Waals surface area contributed by atoms with Gasteiger partial charge in [-0.2, -0.15) is 0 Å². The average molecular weight is 442 g/mol. The van der Waals surface area contributed by atoms with Crippen molar-refractivity contribution in [2.24, 2.45) is 0 Å². The van der Waals surface area contributed by atoms with Crippen molar-refractivity contribution in [3.63, 3.8) is 0 Å². The molecule has 0 fully saturated rings. The number of carbonyl (C=O) groups excluding carboxylic acids is 1. The van der Waals surface area contributed by atoms with Gasteiger partial charge in [-0.1, -0.05) is 19.9 Å². The Balaban J connectivity index is 1.48. The van der Waals surface area contributed by atoms with Crippen molar-refractivity contribution in [3.05, 3.63) is 40.5 Å². The van der Waals surface area contributed by atoms with Gasteiger partial charge in [0.25, 0.3) is 5.91 Å². The molecule has 164 valence electrons. The molecule has 0 unspecified atom stereocenters. The second-order valence-electron chi connectivity index (χ2n) is 7.28. The summed E-state index contributed by atoms with van der Waals surface area (Å²) in [5.74, 6) is 2.18. The number of rotatable bonds is 9. The van der Waals surface area contributed by atoms with Crippen LogP contribution in [0.1, 0.15) is 34.6 Å². The molecular formula is C22H27N5O3S. The van der Waals surface area contributed by atoms with Crippen LogP contribution in [-0.2, 0) is 6.54 Å². The van der Waals surface area contributed by atoms with Crippen molar-refractivity contribution < 1.29 is 14.3 Å². The number of hydrogen-bond acceptors (Lipinski definition) is 8. The summed E-state index contributed by atoms with van der Waals surface area (Å²) in [7, 11) is 0. The van der Waals surface area contributed by atoms with Gasteiger partial charge in [-0.05, 0) is 43.3 Å². The predicted octanol–water partition coefficient (Wildman–Crippen LogP) is 3.41. The zero-order valence-corrected chi connectivity index (χ0v) is 18.8. The molecule has 31 heavy (non-hydrogen) atoms. The molecule has 8 nitrogen and oxygen atoms in total. The van der Waals surface area contributed by atoms with Gasteiger partial charge >= 0.3 is 0 Å². The minimum atomic E-state index is -0.0608. The third-order valence-corrected chi connectivity index (χ3v) is 6.64. The first-order valence-electron chi connectivity index (χ1n) is 10.5. The van der Waals surface area contributed by atoms with E-state index in [4.69, 9.17) is 9.47 Å². The summed E-state index contributed by atoms with van der Waals surface area (Å²) >= 11 is 1.40. The monoisotopic (exact) mass is 441 g/mol. The van der Waals surface area contributed by atoms with Gasteiger partial charge in [0.1, 0.15) is 17.0 Å². The van der Waals surface area contributed by atoms with Gasteiger partial charge in [0.2, 0.25) is 6.79 Å². The lowest BCUT2D eigenvalue weighted by Crippen LogP contribution is -2.34. The molecule has 0 aliphatic carbocycles. The van der Waals surface area contributed by atoms with Crippen LogP contribution in [0, 0.1) is 6.92 Å². The van der Waals surface area contributed by atoms with Crippen LogP contribution in [0.5, 0.6) is 11.5 Å². The van der Waals surface area contributed by atoms with Gasteiger partial charge in [0.15, 0.2) is 11.5 Å². The second kappa shape index (κ2) is 9.49. The Hall–Kier alpha value is -2.91. The number of likely N-dealkylation sites (N-methyl/N-ethyl adjacent to an activating group) is 1. The molecule has 1 aliphatic heterocycles. The van der Waals surface area contributed by atoms with E-state index < -0.39 is 0 Å². The molecule has 3 aromatic rings. The molecule has 0 radical (unpaired) electrons. The first-order valence-corrected chi connectivity index (χ1v) is 11.3. The maximum atomic E-state index is 12.8. The smallest absolute Gasteiger partial charge is 0.261 e. The Morgan fingerprint density at radius 3 is 2.81 bits per heavy atom. The number of aromatic nitrogens is 2. The first kappa shape index (κ1) is 21.3. The Kier molecular flexibility index (Phi) is 6.53. The van der Waals surface area contributed by atoms with Crippen LogP contribution in [0.3, 0.4) is 0 Å². The molecule has 0 saturated heterocycles. The lowest BCUT2D eigenvalue weighted by atomic mass is 10.1. The Labute approximate surface area is 185 Å². The SMILES string of the molecule is CCN(CC)CCNC(=O)c1sc2ncnc(NCc3ccc4c(c3)OCO4)c2c1C. The number of carbonyl (C=O) groups is 1. The number of thiophene rings is 1. The molecule has 2 aromatic heterocycles. The number of nitrogens with one attached hydrogen (secondary N) is 2. The highest BCUT2D eigenvalue weighted by molar-refractivity contribution is 7.20. The number of anilines is 1. The fourth-order valence-corrected chi connectivity index (χ4v) is 4.67. The van der Waals surface area contributed by atoms with E-state index in [0.717, 1.165) is 58.3 Å². The standard InChI is InChI=1S/C22H27N5O3S/c1-4-27(5-2)9-8-23-21(28)19-14(3)18-20(25-12-26-22(18)31-19)24-11-15-6-7-16-17(10-15)30-13-29-16/h6-7,10,12H,4-5,8-9,11,13H2,1-3H3,(H,23,28)(H,24,25,26). The molecule has 1 aromatic carbocycles. The van der Waals surface area contributed by atoms with Gasteiger partial charge in [-0.25, -0.2) is 9.97 Å². The molecule has 1 amide bonds. The fraction of sp³-hybridized carbons (Fsp3) is 0.409. The Morgan fingerprint density at radius 2 is 2.00 bits per heavy atom. The lowest BCUT2D eigenvalue weighted by molar-refractivity contribution is 0.0952. The van der Waals surface area contributed by atoms with Gasteiger partial charge in [0.05, 0.1) is 10.3 Å². The molecule has 9 heteroatoms. The van der Waals surface area contributed by atoms with Crippen LogP contribution >= 0.6 is 11.3 Å². The third kappa shape index (κ3) is 4.57. The van der Waals surface area contributed by atoms with Crippen molar-refractivity contribution in [1.82, 2.24) is 20.2 Å². The summed E-state index contributed by atoms with van der Waals surface area (Å²) in [4.78, 5) is 25.4. The van der Waals surface area contributed by atoms with E-state index in [1.54, 1.807) is 0 Å². The zero-order valence-electron chi connectivity index (χ0n) is 18.0. The van der Waals surface area contributed by atoms with Crippen LogP contribution in [0.25, 0.3) is 10.2 Å². The summed E-state index contributed by atoms with van der Waals surface area (Å²) in [6, 6.07) is 5.86. The van der Waals surface area contributed by atoms with Crippen molar-refractivity contribution in [3.8, 4) is 11.5 Å². The Bertz CT molecular complexity index is 1080. The fourth-order valence-electron chi connectivity index (χ4n) is 3.61. The number of ether oxygens (including phenoxy) is 2. The van der Waals surface area contributed by atoms with E-state index >= 15 is 0 Å². The molecule has 1 aliphatic rings. The van der Waals surface area contributed by atoms with Crippen LogP contribution in [0.2, 0.25) is 0 Å². The van der Waals surface area contributed by atoms with Crippen LogP contribution in [-0.4, -0.2) is 53.7 Å². The van der Waals surface area contributed by atoms with Gasteiger partial charge in [-0.15, -0.1) is 11.3 Å². The maximum Gasteiger partial charge on any atom is 0.261 e. The molecule has 3 heterocycles. The number of hydrogen-bond donors (Lipinski definition) is 2. The minimum Gasteiger partial charge on any atom is -0.454 e. The Morgan fingerprint density at radius 1 is 1.19 bits per heavy atom. The average Bonchev–Trinajstić information content (AvgIpc) is 3.39. The van der Waals surface area contributed by atoms with Crippen molar-refractivity contribution >= 4 is 33.3 Å². The van der Waals surface area contributed by atoms with Gasteiger partial charge in [-0.3, -0.25) is 4.79 Å². The molecule has 0 bridgehead atoms. The molecule has 0 saturated carbocycles. The quantitative estimate of drug-likeness (QED) is 0.526. The van der Waals surface area contributed by atoms with E-state index in [2.05, 4.69) is 39.3 Å². The normalized spacial score (nSPS) is 12.5. The number of amides is 1. The predicted molar refractivity (Wildman–Crippen MR) is 122 cm³/mol. The van der Waals surface area contributed by atoms with Crippen LogP contribution in [0.4, 0.5) is 5.82 Å². The molecule has 0 atom stereocenters. The summed E-state index contributed by atoms with van der Waals surface area (Å²) in [6.07, 6.45) is 1.53. The maximum absolute atomic E-state index is 12.8. The van der Waals surface area contributed by atoms with Crippen LogP contribution in [0.15, 0.2) is 24.5 Å². The minimum absolute atomic E-state index is 0.0608. The van der Waals surface area contributed by atoms with E-state index in [1.165, 1.54) is 17.7 Å². The lowest BCUT2D eigenvalue weighted by Gasteiger charge is -2.17. The largest absolute Gasteiger partial charge is 0.454 e. The third-order valence-electron chi connectivity index (χ3n) is 5.44. The topological polar surface area (TPSA) is 88.6 Å².